The molecule has 5 heterocycles. The molecule has 2 aliphatic heterocycles. The summed E-state index contributed by atoms with van der Waals surface area (Å²) in [5.74, 6) is -1.53. The van der Waals surface area contributed by atoms with Crippen molar-refractivity contribution >= 4 is 80.6 Å². The summed E-state index contributed by atoms with van der Waals surface area (Å²) in [6.45, 7) is 4.29. The standard InChI is InChI=1S/C23H21N3O4.C15H15NO3.C13H11NO3.C10H12N2O2.C10H11NO.C10H10O2.C5H7BrO3.CH4.H3N.H2O/c1-26-18-9-5-6-10-19(18)29-14-17(21(26)28)24-20(27)16-13-30-22(25-16)23(11-12-23)15-7-3-2-4-8-15;1-2-18-13(17)12-10-19-14(16-12)15(8-9-15)11-6-4-3-5-7-11;15-11(16)10-8-17-12(14-10)13(6-7-13)9-4-2-1-3-5-9;1-12-8-4-2-3-5-9(8)14-6-7(11)10(12)13;2*11-9(12)10(6-7-10)8-4-2-1-3-5-8;1-2-9-5(8)4(7)3-6;;;/h2-10,13,17H,11-12,14H2,1H3,(H,24,27);3-7,10H,2,8-9H2,1H3;1-5,8H,6-7H2,(H,15,16);2-5,7H,6,11H2,1H3;1-5H,6-7H2,(H2,11,12);1-5H,6-7H2,(H,11,12);2-3H2,1H3;1H4;1H3;1H2/t17-;;;7-;;;;;;/m0..0....../s1. The molecule has 0 bridgehead atoms. The molecule has 2 atom stereocenters. The Labute approximate surface area is 679 Å². The fourth-order valence-corrected chi connectivity index (χ4v) is 13.3. The highest BCUT2D eigenvalue weighted by Gasteiger charge is 2.54. The monoisotopic (exact) mass is 1650 g/mol. The average molecular weight is 1650 g/mol. The van der Waals surface area contributed by atoms with Gasteiger partial charge in [0.25, 0.3) is 11.8 Å². The Morgan fingerprint density at radius 1 is 0.500 bits per heavy atom. The zero-order chi connectivity index (χ0) is 80.5. The number of carbonyl (C=O) groups is 9. The van der Waals surface area contributed by atoms with Crippen molar-refractivity contribution in [3.63, 3.8) is 0 Å². The number of carboxylic acid groups (broad SMARTS) is 2. The number of halogens is 1. The van der Waals surface area contributed by atoms with Crippen molar-refractivity contribution in [1.82, 2.24) is 26.4 Å². The van der Waals surface area contributed by atoms with Crippen LogP contribution in [-0.2, 0) is 65.3 Å². The molecule has 0 unspecified atom stereocenters. The number of ether oxygens (including phenoxy) is 4. The number of primary amides is 1. The van der Waals surface area contributed by atoms with E-state index < -0.39 is 53.1 Å². The summed E-state index contributed by atoms with van der Waals surface area (Å²) in [7, 11) is 3.37. The molecule has 5 aliphatic carbocycles. The number of carboxylic acids is 2. The molecule has 610 valence electrons. The Kier molecular flexibility index (Phi) is 30.4. The van der Waals surface area contributed by atoms with Crippen molar-refractivity contribution in [2.24, 2.45) is 11.5 Å². The third kappa shape index (κ3) is 20.5. The Balaban J connectivity index is 0.000000174. The number of aromatic carboxylic acids is 1. The Morgan fingerprint density at radius 2 is 0.853 bits per heavy atom. The number of oxazole rings is 3. The minimum absolute atomic E-state index is 0. The minimum atomic E-state index is -1.05. The smallest absolute Gasteiger partial charge is 0.375 e. The quantitative estimate of drug-likeness (QED) is 0.0264. The number of hydrogen-bond donors (Lipinski definition) is 6. The average Bonchev–Trinajstić information content (AvgIpc) is 1.59. The normalized spacial score (nSPS) is 17.2. The van der Waals surface area contributed by atoms with Crippen LogP contribution in [0.3, 0.4) is 0 Å². The first kappa shape index (κ1) is 89.1. The maximum atomic E-state index is 12.8. The second-order valence-electron chi connectivity index (χ2n) is 27.8. The van der Waals surface area contributed by atoms with E-state index >= 15 is 0 Å². The molecule has 4 amide bonds. The van der Waals surface area contributed by atoms with Gasteiger partial charge in [-0.1, -0.05) is 199 Å². The molecule has 0 radical (unpaired) electrons. The highest BCUT2D eigenvalue weighted by Crippen LogP contribution is 2.55. The molecule has 28 nitrogen and oxygen atoms in total. The number of aliphatic carboxylic acids is 1. The number of esters is 2. The first-order chi connectivity index (χ1) is 54.5. The summed E-state index contributed by atoms with van der Waals surface area (Å²) in [6.07, 6.45) is 13.1. The number of para-hydroxylation sites is 4. The first-order valence-electron chi connectivity index (χ1n) is 36.9. The SMILES string of the molecule is C.CCOC(=O)C(=O)CBr.CCOC(=O)c1coc(C2(c3ccccc3)CC2)n1.CN1C(=O)[C@@H](N)COc2ccccc21.CN1C(=O)[C@@H](NC(=O)c2coc(C3(c4ccccc4)CC3)n2)COc2ccccc21.N.NC(=O)C1(c2ccccc2)CC1.O.O=C(O)C1(c2ccccc2)CC1.O=C(O)c1coc(C2(c3ccccc3)CC2)n1. The van der Waals surface area contributed by atoms with E-state index in [0.717, 1.165) is 92.1 Å². The number of rotatable bonds is 18. The van der Waals surface area contributed by atoms with Gasteiger partial charge >= 0.3 is 23.9 Å². The molecular weight excluding hydrogens is 1550 g/mol. The number of carbonyl (C=O) groups excluding carboxylic acids is 7. The summed E-state index contributed by atoms with van der Waals surface area (Å²) in [4.78, 5) is 118. The summed E-state index contributed by atoms with van der Waals surface area (Å²) in [5.41, 5.74) is 16.8. The lowest BCUT2D eigenvalue weighted by Crippen LogP contribution is -2.49. The van der Waals surface area contributed by atoms with E-state index in [1.807, 2.05) is 176 Å². The highest BCUT2D eigenvalue weighted by atomic mass is 79.9. The Hall–Kier alpha value is -12.4. The first-order valence-corrected chi connectivity index (χ1v) is 38.0. The number of likely N-dealkylation sites (N-methyl/N-ethyl adjacent to an activating group) is 2. The lowest BCUT2D eigenvalue weighted by Gasteiger charge is -2.19. The van der Waals surface area contributed by atoms with Gasteiger partial charge in [0.1, 0.15) is 55.6 Å². The van der Waals surface area contributed by atoms with Crippen molar-refractivity contribution in [2.75, 3.05) is 55.7 Å². The van der Waals surface area contributed by atoms with Crippen LogP contribution in [0.15, 0.2) is 232 Å². The molecule has 7 aliphatic rings. The summed E-state index contributed by atoms with van der Waals surface area (Å²) in [6, 6.07) is 62.6. The van der Waals surface area contributed by atoms with Crippen LogP contribution in [0, 0.1) is 0 Å². The number of nitrogens with two attached hydrogens (primary N) is 2. The van der Waals surface area contributed by atoms with Gasteiger partial charge in [0, 0.05) is 14.1 Å². The van der Waals surface area contributed by atoms with E-state index in [-0.39, 0.29) is 101 Å². The lowest BCUT2D eigenvalue weighted by atomic mass is 9.96. The molecular formula is C87H96BrN9O19. The van der Waals surface area contributed by atoms with Gasteiger partial charge in [0.15, 0.2) is 17.1 Å². The van der Waals surface area contributed by atoms with Gasteiger partial charge in [0.2, 0.25) is 35.3 Å². The maximum absolute atomic E-state index is 12.8. The molecule has 0 saturated heterocycles. The fraction of sp³-hybridized carbons (Fsp3) is 0.310. The largest absolute Gasteiger partial charge is 0.489 e. The number of ketones is 1. The zero-order valence-corrected chi connectivity index (χ0v) is 65.5. The number of nitrogens with one attached hydrogen (secondary N) is 1. The van der Waals surface area contributed by atoms with Crippen LogP contribution < -0.4 is 42.2 Å². The van der Waals surface area contributed by atoms with E-state index in [0.29, 0.717) is 41.5 Å². The van der Waals surface area contributed by atoms with Gasteiger partial charge in [0.05, 0.1) is 57.0 Å². The van der Waals surface area contributed by atoms with E-state index in [4.69, 9.17) is 49.1 Å². The Bertz CT molecular complexity index is 4920. The zero-order valence-electron chi connectivity index (χ0n) is 63.9. The number of aromatic nitrogens is 3. The number of Topliss-reactive ketones (excluding diaryl/α,β-unsaturated/α-hetero) is 1. The van der Waals surface area contributed by atoms with Crippen LogP contribution in [0.1, 0.15) is 162 Å². The second-order valence-corrected chi connectivity index (χ2v) is 28.4. The molecule has 17 rings (SSSR count). The number of fused-ring (bicyclic) bond motifs is 2. The molecule has 0 spiro atoms. The Morgan fingerprint density at radius 3 is 1.22 bits per heavy atom. The van der Waals surface area contributed by atoms with Crippen LogP contribution in [0.2, 0.25) is 0 Å². The van der Waals surface area contributed by atoms with Gasteiger partial charge in [-0.25, -0.2) is 29.3 Å². The molecule has 3 aromatic heterocycles. The molecule has 5 fully saturated rings. The van der Waals surface area contributed by atoms with Crippen molar-refractivity contribution in [2.45, 2.75) is 125 Å². The van der Waals surface area contributed by atoms with Crippen molar-refractivity contribution < 1.29 is 91.0 Å². The van der Waals surface area contributed by atoms with Gasteiger partial charge in [-0.05, 0) is 130 Å². The maximum Gasteiger partial charge on any atom is 0.375 e. The highest BCUT2D eigenvalue weighted by molar-refractivity contribution is 9.09. The minimum Gasteiger partial charge on any atom is -0.489 e. The van der Waals surface area contributed by atoms with Crippen LogP contribution in [0.25, 0.3) is 0 Å². The van der Waals surface area contributed by atoms with Gasteiger partial charge in [-0.3, -0.25) is 28.8 Å². The predicted octanol–water partition coefficient (Wildman–Crippen LogP) is 12.2. The molecule has 7 aromatic carbocycles. The van der Waals surface area contributed by atoms with E-state index in [9.17, 15) is 43.2 Å². The number of anilines is 2. The number of amides is 4. The van der Waals surface area contributed by atoms with Crippen LogP contribution in [0.5, 0.6) is 11.5 Å². The number of hydrogen-bond acceptors (Lipinski definition) is 21. The van der Waals surface area contributed by atoms with Gasteiger partial charge in [-0.15, -0.1) is 0 Å². The van der Waals surface area contributed by atoms with Crippen LogP contribution in [-0.4, -0.2) is 142 Å². The topological polar surface area (TPSA) is 446 Å². The molecule has 5 saturated carbocycles. The lowest BCUT2D eigenvalue weighted by molar-refractivity contribution is -0.152. The number of alkyl halides is 1. The third-order valence-corrected chi connectivity index (χ3v) is 20.9. The molecule has 12 N–H and O–H groups in total. The second kappa shape index (κ2) is 39.5. The number of nitrogens with zero attached hydrogens (tertiary/aromatic N) is 5. The van der Waals surface area contributed by atoms with Gasteiger partial charge < -0.3 is 80.6 Å². The van der Waals surface area contributed by atoms with Gasteiger partial charge in [-0.2, -0.15) is 0 Å². The number of benzene rings is 7. The van der Waals surface area contributed by atoms with Crippen LogP contribution in [0.4, 0.5) is 11.4 Å². The van der Waals surface area contributed by atoms with E-state index in [2.05, 4.69) is 53.1 Å². The molecule has 116 heavy (non-hydrogen) atoms. The summed E-state index contributed by atoms with van der Waals surface area (Å²) < 4.78 is 37.0. The molecule has 29 heteroatoms. The molecule has 10 aromatic rings. The third-order valence-electron chi connectivity index (χ3n) is 20.4. The van der Waals surface area contributed by atoms with E-state index in [1.54, 1.807) is 40.1 Å². The van der Waals surface area contributed by atoms with Crippen molar-refractivity contribution in [1.29, 1.82) is 0 Å². The summed E-state index contributed by atoms with van der Waals surface area (Å²) >= 11 is 2.83. The van der Waals surface area contributed by atoms with E-state index in [1.165, 1.54) is 34.2 Å². The van der Waals surface area contributed by atoms with Crippen molar-refractivity contribution in [3.8, 4) is 11.5 Å². The predicted molar refractivity (Wildman–Crippen MR) is 434 cm³/mol. The summed E-state index contributed by atoms with van der Waals surface area (Å²) in [5, 5.41) is 20.6. The van der Waals surface area contributed by atoms with Crippen molar-refractivity contribution in [3.05, 3.63) is 282 Å². The fourth-order valence-electron chi connectivity index (χ4n) is 13.1. The van der Waals surface area contributed by atoms with Crippen LogP contribution >= 0.6 is 15.9 Å².